The van der Waals surface area contributed by atoms with Crippen LogP contribution in [0.25, 0.3) is 0 Å². The molecule has 1 heterocycles. The highest BCUT2D eigenvalue weighted by molar-refractivity contribution is 9.10. The summed E-state index contributed by atoms with van der Waals surface area (Å²) in [4.78, 5) is 15.5. The van der Waals surface area contributed by atoms with E-state index in [1.807, 2.05) is 0 Å². The summed E-state index contributed by atoms with van der Waals surface area (Å²) in [5.74, 6) is -1.30. The van der Waals surface area contributed by atoms with Gasteiger partial charge in [0.1, 0.15) is 5.82 Å². The normalized spacial score (nSPS) is 10.2. The summed E-state index contributed by atoms with van der Waals surface area (Å²) in [7, 11) is 0. The number of carbonyl (C=O) groups excluding carboxylic acids is 1. The Morgan fingerprint density at radius 1 is 1.33 bits per heavy atom. The van der Waals surface area contributed by atoms with Crippen LogP contribution in [0, 0.1) is 5.82 Å². The quantitative estimate of drug-likeness (QED) is 0.785. The van der Waals surface area contributed by atoms with Crippen LogP contribution in [0.15, 0.2) is 41.1 Å². The largest absolute Gasteiger partial charge is 0.421 e. The molecule has 0 aliphatic rings. The van der Waals surface area contributed by atoms with Crippen LogP contribution < -0.4 is 4.74 Å². The fourth-order valence-corrected chi connectivity index (χ4v) is 1.77. The van der Waals surface area contributed by atoms with Crippen molar-refractivity contribution in [2.75, 3.05) is 0 Å². The van der Waals surface area contributed by atoms with Gasteiger partial charge in [-0.05, 0) is 40.2 Å². The van der Waals surface area contributed by atoms with Crippen molar-refractivity contribution < 1.29 is 13.9 Å². The molecule has 6 heteroatoms. The SMILES string of the molecule is O=C(Oc1cncc(Br)c1)c1ccc(Cl)cc1F. The number of ether oxygens (including phenoxy) is 1. The molecule has 1 aromatic heterocycles. The van der Waals surface area contributed by atoms with Crippen molar-refractivity contribution >= 4 is 33.5 Å². The molecule has 0 aliphatic carbocycles. The van der Waals surface area contributed by atoms with Crippen LogP contribution in [-0.2, 0) is 0 Å². The Morgan fingerprint density at radius 2 is 2.11 bits per heavy atom. The fourth-order valence-electron chi connectivity index (χ4n) is 1.27. The van der Waals surface area contributed by atoms with Crippen molar-refractivity contribution in [2.45, 2.75) is 0 Å². The monoisotopic (exact) mass is 329 g/mol. The minimum Gasteiger partial charge on any atom is -0.421 e. The van der Waals surface area contributed by atoms with E-state index in [1.54, 1.807) is 12.3 Å². The Kier molecular flexibility index (Phi) is 3.93. The molecule has 0 radical (unpaired) electrons. The Morgan fingerprint density at radius 3 is 2.78 bits per heavy atom. The first-order valence-corrected chi connectivity index (χ1v) is 6.01. The second-order valence-electron chi connectivity index (χ2n) is 3.35. The molecule has 3 nitrogen and oxygen atoms in total. The zero-order valence-electron chi connectivity index (χ0n) is 8.86. The highest BCUT2D eigenvalue weighted by Crippen LogP contribution is 2.19. The highest BCUT2D eigenvalue weighted by Gasteiger charge is 2.14. The lowest BCUT2D eigenvalue weighted by molar-refractivity contribution is 0.0729. The second-order valence-corrected chi connectivity index (χ2v) is 4.70. The number of nitrogens with zero attached hydrogens (tertiary/aromatic N) is 1. The number of benzene rings is 1. The number of carbonyl (C=O) groups is 1. The molecule has 0 atom stereocenters. The third-order valence-corrected chi connectivity index (χ3v) is 2.71. The van der Waals surface area contributed by atoms with Crippen LogP contribution in [0.4, 0.5) is 4.39 Å². The first-order valence-electron chi connectivity index (χ1n) is 4.84. The number of aromatic nitrogens is 1. The number of hydrogen-bond donors (Lipinski definition) is 0. The van der Waals surface area contributed by atoms with Crippen LogP contribution in [-0.4, -0.2) is 11.0 Å². The zero-order valence-corrected chi connectivity index (χ0v) is 11.2. The smallest absolute Gasteiger partial charge is 0.346 e. The van der Waals surface area contributed by atoms with E-state index in [4.69, 9.17) is 16.3 Å². The fraction of sp³-hybridized carbons (Fsp3) is 0. The minimum atomic E-state index is -0.802. The van der Waals surface area contributed by atoms with E-state index in [0.717, 1.165) is 6.07 Å². The van der Waals surface area contributed by atoms with E-state index >= 15 is 0 Å². The van der Waals surface area contributed by atoms with Crippen LogP contribution in [0.3, 0.4) is 0 Å². The van der Waals surface area contributed by atoms with Crippen molar-refractivity contribution in [3.05, 3.63) is 57.5 Å². The Bertz CT molecular complexity index is 606. The summed E-state index contributed by atoms with van der Waals surface area (Å²) in [6.07, 6.45) is 2.90. The lowest BCUT2D eigenvalue weighted by atomic mass is 10.2. The molecule has 0 saturated heterocycles. The molecule has 2 rings (SSSR count). The molecular formula is C12H6BrClFNO2. The number of esters is 1. The summed E-state index contributed by atoms with van der Waals surface area (Å²) in [6, 6.07) is 5.29. The molecule has 2 aromatic rings. The van der Waals surface area contributed by atoms with Gasteiger partial charge in [0.05, 0.1) is 11.8 Å². The van der Waals surface area contributed by atoms with Crippen molar-refractivity contribution in [2.24, 2.45) is 0 Å². The molecule has 92 valence electrons. The van der Waals surface area contributed by atoms with Gasteiger partial charge < -0.3 is 4.74 Å². The molecule has 0 unspecified atom stereocenters. The molecule has 1 aromatic carbocycles. The molecular weight excluding hydrogens is 324 g/mol. The van der Waals surface area contributed by atoms with E-state index < -0.39 is 11.8 Å². The van der Waals surface area contributed by atoms with E-state index in [-0.39, 0.29) is 16.3 Å². The molecule has 0 aliphatic heterocycles. The average Bonchev–Trinajstić information content (AvgIpc) is 2.28. The summed E-state index contributed by atoms with van der Waals surface area (Å²) >= 11 is 8.78. The van der Waals surface area contributed by atoms with Crippen LogP contribution in [0.5, 0.6) is 5.75 Å². The van der Waals surface area contributed by atoms with E-state index in [0.29, 0.717) is 4.47 Å². The van der Waals surface area contributed by atoms with Gasteiger partial charge in [0.25, 0.3) is 0 Å². The predicted molar refractivity (Wildman–Crippen MR) is 68.3 cm³/mol. The Hall–Kier alpha value is -1.46. The number of pyridine rings is 1. The number of hydrogen-bond acceptors (Lipinski definition) is 3. The third kappa shape index (κ3) is 3.05. The molecule has 0 amide bonds. The Balaban J connectivity index is 2.22. The van der Waals surface area contributed by atoms with Gasteiger partial charge in [-0.25, -0.2) is 9.18 Å². The maximum atomic E-state index is 13.5. The van der Waals surface area contributed by atoms with E-state index in [9.17, 15) is 9.18 Å². The predicted octanol–water partition coefficient (Wildman–Crippen LogP) is 3.86. The summed E-state index contributed by atoms with van der Waals surface area (Å²) in [5, 5.41) is 0.216. The van der Waals surface area contributed by atoms with Crippen molar-refractivity contribution in [3.8, 4) is 5.75 Å². The molecule has 0 spiro atoms. The van der Waals surface area contributed by atoms with Crippen LogP contribution in [0.2, 0.25) is 5.02 Å². The van der Waals surface area contributed by atoms with Gasteiger partial charge in [-0.1, -0.05) is 11.6 Å². The van der Waals surface area contributed by atoms with Gasteiger partial charge in [0, 0.05) is 15.7 Å². The number of halogens is 3. The Labute approximate surface area is 116 Å². The minimum absolute atomic E-state index is 0.181. The lowest BCUT2D eigenvalue weighted by Gasteiger charge is -2.05. The summed E-state index contributed by atoms with van der Waals surface area (Å²) in [6.45, 7) is 0. The first kappa shape index (κ1) is 13.0. The molecule has 0 bridgehead atoms. The second kappa shape index (κ2) is 5.46. The van der Waals surface area contributed by atoms with Gasteiger partial charge in [-0.15, -0.1) is 0 Å². The van der Waals surface area contributed by atoms with Gasteiger partial charge in [0.2, 0.25) is 0 Å². The topological polar surface area (TPSA) is 39.2 Å². The van der Waals surface area contributed by atoms with Gasteiger partial charge in [-0.2, -0.15) is 0 Å². The lowest BCUT2D eigenvalue weighted by Crippen LogP contribution is -2.10. The van der Waals surface area contributed by atoms with Gasteiger partial charge in [0.15, 0.2) is 5.75 Å². The summed E-state index contributed by atoms with van der Waals surface area (Å²) < 4.78 is 19.1. The zero-order chi connectivity index (χ0) is 13.1. The van der Waals surface area contributed by atoms with Crippen LogP contribution in [0.1, 0.15) is 10.4 Å². The molecule has 0 saturated carbocycles. The maximum Gasteiger partial charge on any atom is 0.346 e. The summed E-state index contributed by atoms with van der Waals surface area (Å²) in [5.41, 5.74) is -0.181. The van der Waals surface area contributed by atoms with E-state index in [2.05, 4.69) is 20.9 Å². The average molecular weight is 331 g/mol. The van der Waals surface area contributed by atoms with E-state index in [1.165, 1.54) is 18.3 Å². The van der Waals surface area contributed by atoms with Crippen molar-refractivity contribution in [1.29, 1.82) is 0 Å². The van der Waals surface area contributed by atoms with Crippen molar-refractivity contribution in [1.82, 2.24) is 4.98 Å². The molecule has 0 fully saturated rings. The highest BCUT2D eigenvalue weighted by atomic mass is 79.9. The van der Waals surface area contributed by atoms with Gasteiger partial charge >= 0.3 is 5.97 Å². The van der Waals surface area contributed by atoms with Crippen molar-refractivity contribution in [3.63, 3.8) is 0 Å². The third-order valence-electron chi connectivity index (χ3n) is 2.04. The maximum absolute atomic E-state index is 13.5. The molecule has 0 N–H and O–H groups in total. The first-order chi connectivity index (χ1) is 8.56. The van der Waals surface area contributed by atoms with Crippen LogP contribution >= 0.6 is 27.5 Å². The number of rotatable bonds is 2. The standard InChI is InChI=1S/C12H6BrClFNO2/c13-7-3-9(6-16-5-7)18-12(17)10-2-1-8(14)4-11(10)15/h1-6H. The van der Waals surface area contributed by atoms with Gasteiger partial charge in [-0.3, -0.25) is 4.98 Å². The molecule has 18 heavy (non-hydrogen) atoms.